The van der Waals surface area contributed by atoms with Crippen molar-refractivity contribution in [2.45, 2.75) is 19.3 Å². The van der Waals surface area contributed by atoms with Gasteiger partial charge in [-0.1, -0.05) is 12.8 Å². The van der Waals surface area contributed by atoms with Gasteiger partial charge in [-0.25, -0.2) is 4.79 Å². The quantitative estimate of drug-likeness (QED) is 0.713. The second-order valence-electron chi connectivity index (χ2n) is 4.40. The zero-order chi connectivity index (χ0) is 10.8. The molecule has 0 aromatic rings. The van der Waals surface area contributed by atoms with Crippen LogP contribution in [0.4, 0.5) is 4.79 Å². The summed E-state index contributed by atoms with van der Waals surface area (Å²) in [5, 5.41) is 11.4. The molecule has 5 nitrogen and oxygen atoms in total. The third-order valence-corrected chi connectivity index (χ3v) is 3.04. The lowest BCUT2D eigenvalue weighted by molar-refractivity contribution is -0.146. The molecule has 2 amide bonds. The topological polar surface area (TPSA) is 69.6 Å². The predicted octanol–water partition coefficient (Wildman–Crippen LogP) is 0.512. The first-order valence-electron chi connectivity index (χ1n) is 5.42. The van der Waals surface area contributed by atoms with Crippen LogP contribution >= 0.6 is 0 Å². The highest BCUT2D eigenvalue weighted by atomic mass is 16.4. The molecule has 1 saturated heterocycles. The van der Waals surface area contributed by atoms with Gasteiger partial charge in [-0.3, -0.25) is 4.79 Å². The monoisotopic (exact) mass is 212 g/mol. The van der Waals surface area contributed by atoms with Crippen molar-refractivity contribution in [3.8, 4) is 0 Å². The summed E-state index contributed by atoms with van der Waals surface area (Å²) in [6.07, 6.45) is 3.64. The molecule has 1 heterocycles. The number of aliphatic carboxylic acids is 1. The van der Waals surface area contributed by atoms with Crippen LogP contribution in [0.15, 0.2) is 0 Å². The van der Waals surface area contributed by atoms with Crippen LogP contribution in [-0.2, 0) is 4.79 Å². The van der Waals surface area contributed by atoms with E-state index >= 15 is 0 Å². The van der Waals surface area contributed by atoms with Gasteiger partial charge in [-0.2, -0.15) is 0 Å². The SMILES string of the molecule is O=C(O)C1CN(C(=O)NCCC2CC2)C1. The number of urea groups is 1. The molecule has 2 fully saturated rings. The molecule has 0 spiro atoms. The zero-order valence-corrected chi connectivity index (χ0v) is 8.61. The maximum absolute atomic E-state index is 11.4. The summed E-state index contributed by atoms with van der Waals surface area (Å²) in [5.74, 6) is -0.357. The van der Waals surface area contributed by atoms with Crippen molar-refractivity contribution in [3.63, 3.8) is 0 Å². The molecule has 2 N–H and O–H groups in total. The van der Waals surface area contributed by atoms with Crippen LogP contribution in [0.3, 0.4) is 0 Å². The predicted molar refractivity (Wildman–Crippen MR) is 53.4 cm³/mol. The number of carbonyl (C=O) groups is 2. The van der Waals surface area contributed by atoms with Crippen LogP contribution in [0, 0.1) is 11.8 Å². The van der Waals surface area contributed by atoms with Gasteiger partial charge < -0.3 is 15.3 Å². The minimum Gasteiger partial charge on any atom is -0.481 e. The van der Waals surface area contributed by atoms with Crippen molar-refractivity contribution < 1.29 is 14.7 Å². The Hall–Kier alpha value is -1.26. The van der Waals surface area contributed by atoms with Crippen LogP contribution in [0.5, 0.6) is 0 Å². The van der Waals surface area contributed by atoms with Crippen molar-refractivity contribution >= 4 is 12.0 Å². The molecule has 2 aliphatic rings. The van der Waals surface area contributed by atoms with Crippen molar-refractivity contribution in [3.05, 3.63) is 0 Å². The molecule has 84 valence electrons. The van der Waals surface area contributed by atoms with Gasteiger partial charge in [-0.15, -0.1) is 0 Å². The van der Waals surface area contributed by atoms with Gasteiger partial charge in [0.25, 0.3) is 0 Å². The van der Waals surface area contributed by atoms with Crippen LogP contribution in [-0.4, -0.2) is 41.6 Å². The Labute approximate surface area is 88.4 Å². The number of hydrogen-bond acceptors (Lipinski definition) is 2. The van der Waals surface area contributed by atoms with Crippen LogP contribution in [0.25, 0.3) is 0 Å². The molecule has 1 aliphatic carbocycles. The second-order valence-corrected chi connectivity index (χ2v) is 4.40. The fraction of sp³-hybridized carbons (Fsp3) is 0.800. The average Bonchev–Trinajstić information content (AvgIpc) is 2.84. The zero-order valence-electron chi connectivity index (χ0n) is 8.61. The van der Waals surface area contributed by atoms with E-state index in [9.17, 15) is 9.59 Å². The van der Waals surface area contributed by atoms with Gasteiger partial charge in [-0.05, 0) is 12.3 Å². The van der Waals surface area contributed by atoms with Gasteiger partial charge >= 0.3 is 12.0 Å². The first-order chi connectivity index (χ1) is 7.16. The largest absolute Gasteiger partial charge is 0.481 e. The van der Waals surface area contributed by atoms with E-state index in [-0.39, 0.29) is 11.9 Å². The average molecular weight is 212 g/mol. The number of carboxylic acids is 1. The van der Waals surface area contributed by atoms with E-state index in [4.69, 9.17) is 5.11 Å². The molecule has 0 radical (unpaired) electrons. The van der Waals surface area contributed by atoms with E-state index in [0.717, 1.165) is 18.9 Å². The Morgan fingerprint density at radius 1 is 1.33 bits per heavy atom. The van der Waals surface area contributed by atoms with Gasteiger partial charge in [0.15, 0.2) is 0 Å². The minimum absolute atomic E-state index is 0.117. The van der Waals surface area contributed by atoms with Gasteiger partial charge in [0.2, 0.25) is 0 Å². The molecule has 2 rings (SSSR count). The van der Waals surface area contributed by atoms with Crippen LogP contribution in [0.1, 0.15) is 19.3 Å². The number of carboxylic acid groups (broad SMARTS) is 1. The fourth-order valence-corrected chi connectivity index (χ4v) is 1.70. The van der Waals surface area contributed by atoms with Gasteiger partial charge in [0.05, 0.1) is 5.92 Å². The third-order valence-electron chi connectivity index (χ3n) is 3.04. The highest BCUT2D eigenvalue weighted by Gasteiger charge is 2.35. The summed E-state index contributed by atoms with van der Waals surface area (Å²) in [7, 11) is 0. The summed E-state index contributed by atoms with van der Waals surface area (Å²) < 4.78 is 0. The molecular formula is C10H16N2O3. The van der Waals surface area contributed by atoms with E-state index in [1.165, 1.54) is 12.8 Å². The molecular weight excluding hydrogens is 196 g/mol. The Bertz CT molecular complexity index is 270. The fourth-order valence-electron chi connectivity index (χ4n) is 1.70. The molecule has 15 heavy (non-hydrogen) atoms. The van der Waals surface area contributed by atoms with Gasteiger partial charge in [0.1, 0.15) is 0 Å². The Morgan fingerprint density at radius 2 is 2.00 bits per heavy atom. The summed E-state index contributed by atoms with van der Waals surface area (Å²) in [5.41, 5.74) is 0. The number of carbonyl (C=O) groups excluding carboxylic acids is 1. The van der Waals surface area contributed by atoms with Gasteiger partial charge in [0, 0.05) is 19.6 Å². The van der Waals surface area contributed by atoms with E-state index in [1.54, 1.807) is 4.90 Å². The summed E-state index contributed by atoms with van der Waals surface area (Å²) in [6, 6.07) is -0.117. The summed E-state index contributed by atoms with van der Waals surface area (Å²) in [6.45, 7) is 1.42. The normalized spacial score (nSPS) is 20.9. The van der Waals surface area contributed by atoms with E-state index in [0.29, 0.717) is 13.1 Å². The molecule has 1 aliphatic heterocycles. The minimum atomic E-state index is -0.808. The Morgan fingerprint density at radius 3 is 2.53 bits per heavy atom. The maximum atomic E-state index is 11.4. The summed E-state index contributed by atoms with van der Waals surface area (Å²) >= 11 is 0. The lowest BCUT2D eigenvalue weighted by atomic mass is 10.0. The number of amides is 2. The molecule has 0 unspecified atom stereocenters. The molecule has 0 atom stereocenters. The maximum Gasteiger partial charge on any atom is 0.317 e. The first-order valence-corrected chi connectivity index (χ1v) is 5.42. The van der Waals surface area contributed by atoms with Crippen molar-refractivity contribution in [2.75, 3.05) is 19.6 Å². The molecule has 0 bridgehead atoms. The van der Waals surface area contributed by atoms with Crippen LogP contribution < -0.4 is 5.32 Å². The standard InChI is InChI=1S/C10H16N2O3/c13-9(14)8-5-12(6-8)10(15)11-4-3-7-1-2-7/h7-8H,1-6H2,(H,11,15)(H,13,14). The number of nitrogens with one attached hydrogen (secondary N) is 1. The lowest BCUT2D eigenvalue weighted by Crippen LogP contribution is -2.56. The highest BCUT2D eigenvalue weighted by Crippen LogP contribution is 2.31. The Kier molecular flexibility index (Phi) is 2.79. The molecule has 5 heteroatoms. The lowest BCUT2D eigenvalue weighted by Gasteiger charge is -2.36. The number of nitrogens with zero attached hydrogens (tertiary/aromatic N) is 1. The third kappa shape index (κ3) is 2.61. The number of hydrogen-bond donors (Lipinski definition) is 2. The van der Waals surface area contributed by atoms with Crippen molar-refractivity contribution in [2.24, 2.45) is 11.8 Å². The molecule has 0 aromatic carbocycles. The number of rotatable bonds is 4. The van der Waals surface area contributed by atoms with Crippen molar-refractivity contribution in [1.29, 1.82) is 0 Å². The Balaban J connectivity index is 1.58. The highest BCUT2D eigenvalue weighted by molar-refractivity contribution is 5.79. The summed E-state index contributed by atoms with van der Waals surface area (Å²) in [4.78, 5) is 23.5. The first kappa shape index (κ1) is 10.3. The van der Waals surface area contributed by atoms with Crippen molar-refractivity contribution in [1.82, 2.24) is 10.2 Å². The van der Waals surface area contributed by atoms with E-state index in [2.05, 4.69) is 5.32 Å². The molecule has 1 saturated carbocycles. The van der Waals surface area contributed by atoms with E-state index < -0.39 is 5.97 Å². The second kappa shape index (κ2) is 4.08. The van der Waals surface area contributed by atoms with E-state index in [1.807, 2.05) is 0 Å². The number of likely N-dealkylation sites (tertiary alicyclic amines) is 1. The molecule has 0 aromatic heterocycles. The smallest absolute Gasteiger partial charge is 0.317 e. The van der Waals surface area contributed by atoms with Crippen LogP contribution in [0.2, 0.25) is 0 Å².